The minimum absolute atomic E-state index is 0.00850. The summed E-state index contributed by atoms with van der Waals surface area (Å²) in [4.78, 5) is 10.2. The van der Waals surface area contributed by atoms with Crippen LogP contribution in [0, 0.1) is 10.1 Å². The highest BCUT2D eigenvalue weighted by Crippen LogP contribution is 2.24. The Bertz CT molecular complexity index is 594. The lowest BCUT2D eigenvalue weighted by molar-refractivity contribution is -0.384. The second kappa shape index (κ2) is 5.49. The summed E-state index contributed by atoms with van der Waals surface area (Å²) in [5.74, 6) is 0.553. The Morgan fingerprint density at radius 1 is 1.53 bits per heavy atom. The molecule has 2 rings (SSSR count). The minimum Gasteiger partial charge on any atom is -0.488 e. The van der Waals surface area contributed by atoms with E-state index in [-0.39, 0.29) is 12.2 Å². The largest absolute Gasteiger partial charge is 0.488 e. The van der Waals surface area contributed by atoms with E-state index < -0.39 is 4.92 Å². The summed E-state index contributed by atoms with van der Waals surface area (Å²) in [6.07, 6.45) is 3.54. The number of nitrogens with two attached hydrogens (primary N) is 1. The van der Waals surface area contributed by atoms with Crippen molar-refractivity contribution >= 4 is 5.69 Å². The Hall–Kier alpha value is -2.41. The molecule has 0 fully saturated rings. The molecule has 19 heavy (non-hydrogen) atoms. The predicted molar refractivity (Wildman–Crippen MR) is 68.5 cm³/mol. The number of nitro benzene ring substituents is 1. The Labute approximate surface area is 109 Å². The molecule has 1 heterocycles. The molecule has 0 amide bonds. The maximum absolute atomic E-state index is 10.7. The van der Waals surface area contributed by atoms with E-state index in [1.54, 1.807) is 16.9 Å². The van der Waals surface area contributed by atoms with Crippen molar-refractivity contribution in [1.82, 2.24) is 9.78 Å². The zero-order chi connectivity index (χ0) is 13.8. The third-order valence-corrected chi connectivity index (χ3v) is 2.63. The third kappa shape index (κ3) is 3.08. The average Bonchev–Trinajstić information content (AvgIpc) is 2.81. The van der Waals surface area contributed by atoms with Gasteiger partial charge in [-0.25, -0.2) is 0 Å². The highest BCUT2D eigenvalue weighted by Gasteiger charge is 2.11. The standard InChI is InChI=1S/C12H14N4O3/c1-15-7-9(6-14-15)8-19-12-3-2-11(16(17)18)4-10(12)5-13/h2-4,6-7H,5,8,13H2,1H3. The van der Waals surface area contributed by atoms with Gasteiger partial charge in [0.1, 0.15) is 12.4 Å². The van der Waals surface area contributed by atoms with Crippen molar-refractivity contribution in [3.63, 3.8) is 0 Å². The van der Waals surface area contributed by atoms with Crippen LogP contribution in [-0.2, 0) is 20.2 Å². The number of non-ortho nitro benzene ring substituents is 1. The number of hydrogen-bond acceptors (Lipinski definition) is 5. The molecule has 100 valence electrons. The maximum Gasteiger partial charge on any atom is 0.270 e. The van der Waals surface area contributed by atoms with Crippen molar-refractivity contribution in [2.75, 3.05) is 0 Å². The first-order valence-electron chi connectivity index (χ1n) is 5.68. The zero-order valence-corrected chi connectivity index (χ0v) is 10.4. The van der Waals surface area contributed by atoms with E-state index in [1.165, 1.54) is 12.1 Å². The molecule has 0 unspecified atom stereocenters. The van der Waals surface area contributed by atoms with Crippen molar-refractivity contribution in [2.45, 2.75) is 13.2 Å². The quantitative estimate of drug-likeness (QED) is 0.648. The van der Waals surface area contributed by atoms with Crippen molar-refractivity contribution < 1.29 is 9.66 Å². The summed E-state index contributed by atoms with van der Waals surface area (Å²) in [5.41, 5.74) is 7.11. The van der Waals surface area contributed by atoms with Crippen LogP contribution in [0.5, 0.6) is 5.75 Å². The summed E-state index contributed by atoms with van der Waals surface area (Å²) in [7, 11) is 1.82. The second-order valence-corrected chi connectivity index (χ2v) is 4.06. The zero-order valence-electron chi connectivity index (χ0n) is 10.4. The minimum atomic E-state index is -0.454. The number of rotatable bonds is 5. The van der Waals surface area contributed by atoms with Gasteiger partial charge in [-0.1, -0.05) is 0 Å². The van der Waals surface area contributed by atoms with Crippen LogP contribution in [0.2, 0.25) is 0 Å². The molecule has 2 N–H and O–H groups in total. The van der Waals surface area contributed by atoms with Gasteiger partial charge in [0.2, 0.25) is 0 Å². The van der Waals surface area contributed by atoms with Crippen molar-refractivity contribution in [3.8, 4) is 5.75 Å². The molecule has 0 aliphatic carbocycles. The van der Waals surface area contributed by atoms with Crippen LogP contribution < -0.4 is 10.5 Å². The number of benzene rings is 1. The van der Waals surface area contributed by atoms with E-state index in [1.807, 2.05) is 13.2 Å². The molecule has 0 saturated carbocycles. The SMILES string of the molecule is Cn1cc(COc2ccc([N+](=O)[O-])cc2CN)cn1. The highest BCUT2D eigenvalue weighted by atomic mass is 16.6. The fourth-order valence-corrected chi connectivity index (χ4v) is 1.69. The van der Waals surface area contributed by atoms with E-state index in [0.29, 0.717) is 17.9 Å². The Morgan fingerprint density at radius 3 is 2.89 bits per heavy atom. The molecule has 0 radical (unpaired) electrons. The molecule has 1 aromatic carbocycles. The number of nitro groups is 1. The van der Waals surface area contributed by atoms with Crippen molar-refractivity contribution in [1.29, 1.82) is 0 Å². The summed E-state index contributed by atoms with van der Waals surface area (Å²) in [5, 5.41) is 14.7. The summed E-state index contributed by atoms with van der Waals surface area (Å²) >= 11 is 0. The van der Waals surface area contributed by atoms with Crippen LogP contribution >= 0.6 is 0 Å². The number of hydrogen-bond donors (Lipinski definition) is 1. The molecule has 1 aromatic heterocycles. The molecule has 2 aromatic rings. The van der Waals surface area contributed by atoms with Gasteiger partial charge in [0, 0.05) is 43.0 Å². The maximum atomic E-state index is 10.7. The number of ether oxygens (including phenoxy) is 1. The smallest absolute Gasteiger partial charge is 0.270 e. The van der Waals surface area contributed by atoms with Crippen LogP contribution in [0.25, 0.3) is 0 Å². The van der Waals surface area contributed by atoms with Gasteiger partial charge in [-0.05, 0) is 6.07 Å². The van der Waals surface area contributed by atoms with Gasteiger partial charge >= 0.3 is 0 Å². The van der Waals surface area contributed by atoms with E-state index in [9.17, 15) is 10.1 Å². The van der Waals surface area contributed by atoms with Crippen LogP contribution in [0.1, 0.15) is 11.1 Å². The average molecular weight is 262 g/mol. The Kier molecular flexibility index (Phi) is 3.76. The molecule has 0 bridgehead atoms. The Balaban J connectivity index is 2.13. The van der Waals surface area contributed by atoms with Gasteiger partial charge in [0.05, 0.1) is 11.1 Å². The van der Waals surface area contributed by atoms with Gasteiger partial charge in [-0.2, -0.15) is 5.10 Å². The first-order valence-corrected chi connectivity index (χ1v) is 5.68. The van der Waals surface area contributed by atoms with E-state index >= 15 is 0 Å². The monoisotopic (exact) mass is 262 g/mol. The molecule has 0 atom stereocenters. The summed E-state index contributed by atoms with van der Waals surface area (Å²) in [6.45, 7) is 0.530. The van der Waals surface area contributed by atoms with Gasteiger partial charge in [-0.15, -0.1) is 0 Å². The molecule has 7 nitrogen and oxygen atoms in total. The third-order valence-electron chi connectivity index (χ3n) is 2.63. The first-order chi connectivity index (χ1) is 9.10. The lowest BCUT2D eigenvalue weighted by Gasteiger charge is -2.09. The molecule has 0 saturated heterocycles. The Morgan fingerprint density at radius 2 is 2.32 bits per heavy atom. The first kappa shape index (κ1) is 13.0. The topological polar surface area (TPSA) is 96.2 Å². The molecule has 0 aliphatic rings. The number of aryl methyl sites for hydroxylation is 1. The van der Waals surface area contributed by atoms with Gasteiger partial charge in [-0.3, -0.25) is 14.8 Å². The van der Waals surface area contributed by atoms with Crippen molar-refractivity contribution in [3.05, 3.63) is 51.8 Å². The van der Waals surface area contributed by atoms with Crippen LogP contribution in [0.3, 0.4) is 0 Å². The molecular weight excluding hydrogens is 248 g/mol. The molecule has 0 spiro atoms. The van der Waals surface area contributed by atoms with E-state index in [0.717, 1.165) is 5.56 Å². The summed E-state index contributed by atoms with van der Waals surface area (Å²) in [6, 6.07) is 4.40. The van der Waals surface area contributed by atoms with Gasteiger partial charge in [0.25, 0.3) is 5.69 Å². The fraction of sp³-hybridized carbons (Fsp3) is 0.250. The van der Waals surface area contributed by atoms with E-state index in [4.69, 9.17) is 10.5 Å². The van der Waals surface area contributed by atoms with Gasteiger partial charge in [0.15, 0.2) is 0 Å². The van der Waals surface area contributed by atoms with Gasteiger partial charge < -0.3 is 10.5 Å². The van der Waals surface area contributed by atoms with Crippen LogP contribution in [0.15, 0.2) is 30.6 Å². The number of nitrogens with zero attached hydrogens (tertiary/aromatic N) is 3. The fourth-order valence-electron chi connectivity index (χ4n) is 1.69. The molecular formula is C12H14N4O3. The van der Waals surface area contributed by atoms with Crippen LogP contribution in [0.4, 0.5) is 5.69 Å². The predicted octanol–water partition coefficient (Wildman–Crippen LogP) is 1.37. The highest BCUT2D eigenvalue weighted by molar-refractivity contribution is 5.43. The molecule has 7 heteroatoms. The lowest BCUT2D eigenvalue weighted by atomic mass is 10.2. The van der Waals surface area contributed by atoms with Crippen molar-refractivity contribution in [2.24, 2.45) is 12.8 Å². The second-order valence-electron chi connectivity index (χ2n) is 4.06. The number of aromatic nitrogens is 2. The molecule has 0 aliphatic heterocycles. The summed E-state index contributed by atoms with van der Waals surface area (Å²) < 4.78 is 7.29. The van der Waals surface area contributed by atoms with Crippen LogP contribution in [-0.4, -0.2) is 14.7 Å². The van der Waals surface area contributed by atoms with E-state index in [2.05, 4.69) is 5.10 Å². The normalized spacial score (nSPS) is 10.4. The lowest BCUT2D eigenvalue weighted by Crippen LogP contribution is -2.03.